The molecule has 2 aromatic carbocycles. The van der Waals surface area contributed by atoms with E-state index in [9.17, 15) is 4.79 Å². The molecule has 30 heavy (non-hydrogen) atoms. The summed E-state index contributed by atoms with van der Waals surface area (Å²) in [6.45, 7) is 2.27. The zero-order valence-electron chi connectivity index (χ0n) is 17.8. The lowest BCUT2D eigenvalue weighted by molar-refractivity contribution is 0.615. The average Bonchev–Trinajstić information content (AvgIpc) is 2.76. The third-order valence-electron chi connectivity index (χ3n) is 6.89. The fraction of sp³-hybridized carbons (Fsp3) is 0.360. The lowest BCUT2D eigenvalue weighted by atomic mass is 9.90. The molecule has 152 valence electrons. The Balaban J connectivity index is 1.79. The zero-order chi connectivity index (χ0) is 20.6. The molecule has 0 fully saturated rings. The van der Waals surface area contributed by atoms with Gasteiger partial charge >= 0.3 is 0 Å². The van der Waals surface area contributed by atoms with Crippen LogP contribution in [-0.4, -0.2) is 31.8 Å². The van der Waals surface area contributed by atoms with Gasteiger partial charge in [-0.1, -0.05) is 0 Å². The van der Waals surface area contributed by atoms with Crippen molar-refractivity contribution < 1.29 is 4.42 Å². The number of nitrogens with zero attached hydrogens (tertiary/aromatic N) is 3. The highest BCUT2D eigenvalue weighted by Gasteiger charge is 2.27. The molecular weight excluding hydrogens is 374 g/mol. The van der Waals surface area contributed by atoms with Crippen LogP contribution in [0.2, 0.25) is 0 Å². The zero-order valence-corrected chi connectivity index (χ0v) is 17.8. The van der Waals surface area contributed by atoms with Gasteiger partial charge in [0.15, 0.2) is 0 Å². The monoisotopic (exact) mass is 400 g/mol. The maximum absolute atomic E-state index is 13.3. The standard InChI is InChI=1S/C25H26N3O2/c1-26(2)17-8-9-18-21(14-17)27(3)25(29)20-13-16-12-15-6-4-10-28-11-5-7-19(22(15)28)23(16)30-24(18)20/h8-9,12-14H,4-7,10-11H2,1-3H3/q+1. The topological polar surface area (TPSA) is 41.4 Å². The summed E-state index contributed by atoms with van der Waals surface area (Å²) in [5.41, 5.74) is 6.68. The summed E-state index contributed by atoms with van der Waals surface area (Å²) in [5, 5.41) is 3.77. The number of fused-ring (bicyclic) bond motifs is 5. The lowest BCUT2D eigenvalue weighted by Gasteiger charge is -2.37. The maximum Gasteiger partial charge on any atom is 0.261 e. The van der Waals surface area contributed by atoms with E-state index in [0.717, 1.165) is 59.6 Å². The molecule has 2 aliphatic rings. The summed E-state index contributed by atoms with van der Waals surface area (Å²) in [7, 11) is 5.87. The molecule has 0 bridgehead atoms. The van der Waals surface area contributed by atoms with Gasteiger partial charge in [-0.15, -0.1) is 0 Å². The quantitative estimate of drug-likeness (QED) is 0.259. The van der Waals surface area contributed by atoms with E-state index in [1.54, 1.807) is 4.57 Å². The number of anilines is 1. The van der Waals surface area contributed by atoms with E-state index in [-0.39, 0.29) is 5.56 Å². The predicted molar refractivity (Wildman–Crippen MR) is 122 cm³/mol. The first-order chi connectivity index (χ1) is 14.5. The number of aryl methyl sites for hydroxylation is 3. The molecule has 5 nitrogen and oxygen atoms in total. The molecular formula is C25H26N3O2+. The lowest BCUT2D eigenvalue weighted by Crippen LogP contribution is -2.34. The molecule has 0 atom stereocenters. The molecule has 0 saturated carbocycles. The second-order valence-corrected chi connectivity index (χ2v) is 8.92. The average molecular weight is 401 g/mol. The van der Waals surface area contributed by atoms with Crippen molar-refractivity contribution in [1.82, 2.24) is 9.14 Å². The van der Waals surface area contributed by atoms with E-state index >= 15 is 0 Å². The van der Waals surface area contributed by atoms with Gasteiger partial charge in [0.1, 0.15) is 25.3 Å². The van der Waals surface area contributed by atoms with E-state index in [0.29, 0.717) is 11.0 Å². The third kappa shape index (κ3) is 2.35. The van der Waals surface area contributed by atoms with Gasteiger partial charge in [-0.05, 0) is 49.4 Å². The van der Waals surface area contributed by atoms with E-state index < -0.39 is 0 Å². The van der Waals surface area contributed by atoms with Crippen molar-refractivity contribution in [3.63, 3.8) is 0 Å². The summed E-state index contributed by atoms with van der Waals surface area (Å²) < 4.78 is 10.4. The molecule has 2 aliphatic heterocycles. The highest BCUT2D eigenvalue weighted by molar-refractivity contribution is 6.05. The Hall–Kier alpha value is -3.08. The first kappa shape index (κ1) is 17.8. The van der Waals surface area contributed by atoms with Crippen LogP contribution in [0.3, 0.4) is 0 Å². The Labute approximate surface area is 174 Å². The van der Waals surface area contributed by atoms with Crippen molar-refractivity contribution in [2.75, 3.05) is 32.1 Å². The first-order valence-corrected chi connectivity index (χ1v) is 10.8. The Kier molecular flexibility index (Phi) is 3.67. The number of hydrogen-bond donors (Lipinski definition) is 0. The third-order valence-corrected chi connectivity index (χ3v) is 6.89. The van der Waals surface area contributed by atoms with Gasteiger partial charge in [-0.2, -0.15) is 0 Å². The molecule has 2 aromatic heterocycles. The molecule has 0 N–H and O–H groups in total. The van der Waals surface area contributed by atoms with Crippen molar-refractivity contribution in [1.29, 1.82) is 0 Å². The normalized spacial score (nSPS) is 15.8. The molecule has 0 amide bonds. The number of pyridine rings is 1. The van der Waals surface area contributed by atoms with Crippen LogP contribution in [0.15, 0.2) is 39.5 Å². The molecule has 0 unspecified atom stereocenters. The minimum atomic E-state index is -0.00736. The predicted octanol–water partition coefficient (Wildman–Crippen LogP) is 3.17. The summed E-state index contributed by atoms with van der Waals surface area (Å²) in [6, 6.07) is 10.5. The van der Waals surface area contributed by atoms with Gasteiger partial charge in [-0.25, -0.2) is 4.58 Å². The van der Waals surface area contributed by atoms with Gasteiger partial charge in [-0.3, -0.25) is 4.79 Å². The highest BCUT2D eigenvalue weighted by Crippen LogP contribution is 2.41. The second kappa shape index (κ2) is 6.21. The summed E-state index contributed by atoms with van der Waals surface area (Å²) >= 11 is 0. The van der Waals surface area contributed by atoms with Crippen LogP contribution in [0.1, 0.15) is 24.0 Å². The summed E-state index contributed by atoms with van der Waals surface area (Å²) in [6.07, 6.45) is 4.50. The van der Waals surface area contributed by atoms with Gasteiger partial charge < -0.3 is 13.9 Å². The smallest absolute Gasteiger partial charge is 0.261 e. The number of rotatable bonds is 0. The molecule has 6 rings (SSSR count). The van der Waals surface area contributed by atoms with Crippen LogP contribution in [0.5, 0.6) is 0 Å². The number of hydrogen-bond acceptors (Lipinski definition) is 3. The summed E-state index contributed by atoms with van der Waals surface area (Å²) in [4.78, 5) is 15.8. The van der Waals surface area contributed by atoms with E-state index in [1.165, 1.54) is 23.2 Å². The van der Waals surface area contributed by atoms with Crippen LogP contribution in [0, 0.1) is 0 Å². The molecule has 0 radical (unpaired) electrons. The summed E-state index contributed by atoms with van der Waals surface area (Å²) in [5.74, 6) is 0. The molecule has 5 heteroatoms. The molecule has 0 spiro atoms. The second-order valence-electron chi connectivity index (χ2n) is 8.92. The fourth-order valence-electron chi connectivity index (χ4n) is 5.38. The Morgan fingerprint density at radius 2 is 1.77 bits per heavy atom. The van der Waals surface area contributed by atoms with E-state index in [4.69, 9.17) is 4.42 Å². The first-order valence-electron chi connectivity index (χ1n) is 10.8. The molecule has 4 heterocycles. The largest absolute Gasteiger partial charge is 0.455 e. The van der Waals surface area contributed by atoms with Crippen molar-refractivity contribution in [3.05, 3.63) is 57.2 Å². The van der Waals surface area contributed by atoms with Crippen molar-refractivity contribution in [3.8, 4) is 0 Å². The van der Waals surface area contributed by atoms with Gasteiger partial charge in [0.2, 0.25) is 5.36 Å². The molecule has 4 aromatic rings. The van der Waals surface area contributed by atoms with Crippen LogP contribution >= 0.6 is 0 Å². The molecule has 0 aliphatic carbocycles. The van der Waals surface area contributed by atoms with Crippen LogP contribution in [-0.2, 0) is 19.9 Å². The van der Waals surface area contributed by atoms with Gasteiger partial charge in [0.05, 0.1) is 10.9 Å². The van der Waals surface area contributed by atoms with Crippen molar-refractivity contribution in [2.45, 2.75) is 25.7 Å². The van der Waals surface area contributed by atoms with Crippen molar-refractivity contribution in [2.24, 2.45) is 7.05 Å². The van der Waals surface area contributed by atoms with Gasteiger partial charge in [0.25, 0.3) is 5.56 Å². The van der Waals surface area contributed by atoms with Crippen LogP contribution < -0.4 is 20.4 Å². The molecule has 0 saturated heterocycles. The highest BCUT2D eigenvalue weighted by atomic mass is 16.3. The van der Waals surface area contributed by atoms with Gasteiger partial charge in [0, 0.05) is 54.3 Å². The van der Waals surface area contributed by atoms with E-state index in [2.05, 4.69) is 39.8 Å². The Bertz CT molecular complexity index is 1500. The Morgan fingerprint density at radius 3 is 2.57 bits per heavy atom. The van der Waals surface area contributed by atoms with Crippen LogP contribution in [0.4, 0.5) is 5.69 Å². The van der Waals surface area contributed by atoms with Crippen LogP contribution in [0.25, 0.3) is 32.8 Å². The van der Waals surface area contributed by atoms with E-state index in [1.807, 2.05) is 21.1 Å². The fourth-order valence-corrected chi connectivity index (χ4v) is 5.38. The minimum Gasteiger partial charge on any atom is -0.455 e. The minimum absolute atomic E-state index is 0.00736. The SMILES string of the molecule is Cn1c(=O)c2cc3cc4c5c(c3oc2c2ccc(=[N+](C)C)cc21)CCCN5CCC4. The number of aromatic nitrogens is 1. The number of benzene rings is 2. The Morgan fingerprint density at radius 1 is 0.967 bits per heavy atom. The van der Waals surface area contributed by atoms with Crippen molar-refractivity contribution >= 4 is 38.5 Å². The maximum atomic E-state index is 13.3.